The van der Waals surface area contributed by atoms with Crippen LogP contribution in [0.4, 0.5) is 0 Å². The van der Waals surface area contributed by atoms with Crippen molar-refractivity contribution < 1.29 is 4.79 Å². The molecule has 60 valence electrons. The van der Waals surface area contributed by atoms with Crippen molar-refractivity contribution in [3.05, 3.63) is 11.8 Å². The van der Waals surface area contributed by atoms with Crippen molar-refractivity contribution in [2.75, 3.05) is 0 Å². The van der Waals surface area contributed by atoms with Crippen LogP contribution in [0.25, 0.3) is 0 Å². The molecule has 0 radical (unpaired) electrons. The molecular weight excluding hydrogens is 138 g/mol. The van der Waals surface area contributed by atoms with Crippen LogP contribution in [0.5, 0.6) is 0 Å². The minimum absolute atomic E-state index is 0.198. The van der Waals surface area contributed by atoms with Crippen LogP contribution in [0, 0.1) is 5.92 Å². The number of ketones is 1. The lowest BCUT2D eigenvalue weighted by Gasteiger charge is -2.23. The molecule has 2 nitrogen and oxygen atoms in total. The van der Waals surface area contributed by atoms with Crippen molar-refractivity contribution in [3.8, 4) is 0 Å². The third kappa shape index (κ3) is 1.06. The van der Waals surface area contributed by atoms with Gasteiger partial charge in [0.05, 0.1) is 5.92 Å². The van der Waals surface area contributed by atoms with Crippen molar-refractivity contribution >= 4 is 5.78 Å². The van der Waals surface area contributed by atoms with E-state index >= 15 is 0 Å². The van der Waals surface area contributed by atoms with E-state index in [-0.39, 0.29) is 5.92 Å². The Balaban J connectivity index is 2.18. The lowest BCUT2D eigenvalue weighted by atomic mass is 9.85. The van der Waals surface area contributed by atoms with Crippen molar-refractivity contribution in [3.63, 3.8) is 0 Å². The second-order valence-electron chi connectivity index (χ2n) is 3.48. The molecule has 0 amide bonds. The molecule has 1 aliphatic carbocycles. The van der Waals surface area contributed by atoms with Crippen molar-refractivity contribution in [1.82, 2.24) is 5.32 Å². The molecule has 2 rings (SSSR count). The fourth-order valence-electron chi connectivity index (χ4n) is 2.05. The molecule has 1 fully saturated rings. The van der Waals surface area contributed by atoms with E-state index in [1.54, 1.807) is 0 Å². The number of carbonyl (C=O) groups is 1. The van der Waals surface area contributed by atoms with E-state index in [1.165, 1.54) is 5.70 Å². The van der Waals surface area contributed by atoms with E-state index in [9.17, 15) is 4.79 Å². The maximum absolute atomic E-state index is 11.3. The van der Waals surface area contributed by atoms with Gasteiger partial charge in [-0.2, -0.15) is 0 Å². The van der Waals surface area contributed by atoms with Crippen LogP contribution in [0.3, 0.4) is 0 Å². The van der Waals surface area contributed by atoms with Gasteiger partial charge in [-0.25, -0.2) is 0 Å². The highest BCUT2D eigenvalue weighted by atomic mass is 16.1. The highest BCUT2D eigenvalue weighted by Gasteiger charge is 2.33. The second kappa shape index (κ2) is 2.36. The second-order valence-corrected chi connectivity index (χ2v) is 3.48. The molecule has 1 N–H and O–H groups in total. The zero-order valence-corrected chi connectivity index (χ0v) is 6.76. The zero-order chi connectivity index (χ0) is 7.84. The number of carbonyl (C=O) groups excluding carboxylic acids is 1. The van der Waals surface area contributed by atoms with E-state index in [2.05, 4.69) is 11.4 Å². The lowest BCUT2D eigenvalue weighted by Crippen LogP contribution is -2.35. The van der Waals surface area contributed by atoms with Crippen LogP contribution in [-0.4, -0.2) is 11.8 Å². The summed E-state index contributed by atoms with van der Waals surface area (Å²) in [5.74, 6) is 0.620. The number of hydrogen-bond donors (Lipinski definition) is 1. The van der Waals surface area contributed by atoms with E-state index in [1.807, 2.05) is 6.92 Å². The summed E-state index contributed by atoms with van der Waals surface area (Å²) in [5.41, 5.74) is 1.18. The minimum atomic E-state index is 0.198. The number of nitrogens with one attached hydrogen (secondary N) is 1. The summed E-state index contributed by atoms with van der Waals surface area (Å²) in [6.45, 7) is 2.03. The summed E-state index contributed by atoms with van der Waals surface area (Å²) >= 11 is 0. The fraction of sp³-hybridized carbons (Fsp3) is 0.667. The van der Waals surface area contributed by atoms with Gasteiger partial charge in [0, 0.05) is 18.2 Å². The molecule has 2 aliphatic rings. The molecule has 1 heterocycles. The Morgan fingerprint density at radius 1 is 1.64 bits per heavy atom. The summed E-state index contributed by atoms with van der Waals surface area (Å²) in [6.07, 6.45) is 5.08. The van der Waals surface area contributed by atoms with E-state index in [0.29, 0.717) is 11.8 Å². The van der Waals surface area contributed by atoms with Gasteiger partial charge in [0.1, 0.15) is 5.78 Å². The van der Waals surface area contributed by atoms with E-state index in [0.717, 1.165) is 19.3 Å². The van der Waals surface area contributed by atoms with Crippen LogP contribution in [0.2, 0.25) is 0 Å². The monoisotopic (exact) mass is 151 g/mol. The number of allylic oxidation sites excluding steroid dienone is 1. The molecule has 1 saturated carbocycles. The molecule has 0 bridgehead atoms. The molecular formula is C9H13NO. The predicted molar refractivity (Wildman–Crippen MR) is 43.0 cm³/mol. The molecule has 0 aromatic heterocycles. The topological polar surface area (TPSA) is 29.1 Å². The average molecular weight is 151 g/mol. The number of hydrogen-bond acceptors (Lipinski definition) is 2. The maximum atomic E-state index is 11.3. The van der Waals surface area contributed by atoms with Crippen LogP contribution in [0.15, 0.2) is 11.8 Å². The molecule has 0 aromatic rings. The summed E-state index contributed by atoms with van der Waals surface area (Å²) in [5, 5.41) is 3.33. The quantitative estimate of drug-likeness (QED) is 0.564. The third-order valence-corrected chi connectivity index (χ3v) is 2.59. The highest BCUT2D eigenvalue weighted by Crippen LogP contribution is 2.27. The molecule has 11 heavy (non-hydrogen) atoms. The van der Waals surface area contributed by atoms with Gasteiger partial charge >= 0.3 is 0 Å². The van der Waals surface area contributed by atoms with Crippen molar-refractivity contribution in [1.29, 1.82) is 0 Å². The Labute approximate surface area is 66.7 Å². The van der Waals surface area contributed by atoms with Crippen LogP contribution in [0.1, 0.15) is 26.2 Å². The molecule has 0 saturated heterocycles. The Morgan fingerprint density at radius 2 is 2.45 bits per heavy atom. The van der Waals surface area contributed by atoms with Crippen molar-refractivity contribution in [2.24, 2.45) is 5.92 Å². The first-order chi connectivity index (χ1) is 5.27. The standard InChI is InChI=1S/C9H13NO/c1-6-5-7-8(10-6)3-2-4-9(7)11/h5,7-8,10H,2-4H2,1H3. The van der Waals surface area contributed by atoms with Crippen LogP contribution in [-0.2, 0) is 4.79 Å². The molecule has 0 aromatic carbocycles. The highest BCUT2D eigenvalue weighted by molar-refractivity contribution is 5.84. The van der Waals surface area contributed by atoms with Gasteiger partial charge in [0.2, 0.25) is 0 Å². The van der Waals surface area contributed by atoms with Crippen molar-refractivity contribution in [2.45, 2.75) is 32.2 Å². The summed E-state index contributed by atoms with van der Waals surface area (Å²) < 4.78 is 0. The van der Waals surface area contributed by atoms with Gasteiger partial charge in [-0.05, 0) is 19.8 Å². The largest absolute Gasteiger partial charge is 0.385 e. The molecule has 2 atom stereocenters. The van der Waals surface area contributed by atoms with E-state index in [4.69, 9.17) is 0 Å². The minimum Gasteiger partial charge on any atom is -0.385 e. The Bertz CT molecular complexity index is 220. The molecule has 1 aliphatic heterocycles. The normalized spacial score (nSPS) is 36.1. The first-order valence-electron chi connectivity index (χ1n) is 4.25. The first kappa shape index (κ1) is 6.89. The van der Waals surface area contributed by atoms with Gasteiger partial charge in [-0.15, -0.1) is 0 Å². The first-order valence-corrected chi connectivity index (χ1v) is 4.25. The van der Waals surface area contributed by atoms with Gasteiger partial charge in [0.15, 0.2) is 0 Å². The van der Waals surface area contributed by atoms with Gasteiger partial charge in [-0.1, -0.05) is 6.08 Å². The maximum Gasteiger partial charge on any atom is 0.141 e. The predicted octanol–water partition coefficient (Wildman–Crippen LogP) is 1.23. The Morgan fingerprint density at radius 3 is 3.18 bits per heavy atom. The lowest BCUT2D eigenvalue weighted by molar-refractivity contribution is -0.123. The number of Topliss-reactive ketones (excluding diaryl/α,β-unsaturated/α-hetero) is 1. The van der Waals surface area contributed by atoms with E-state index < -0.39 is 0 Å². The summed E-state index contributed by atoms with van der Waals surface area (Å²) in [6, 6.07) is 0.427. The molecule has 2 heteroatoms. The Kier molecular flexibility index (Phi) is 1.48. The zero-order valence-electron chi connectivity index (χ0n) is 6.76. The molecule has 0 spiro atoms. The SMILES string of the molecule is CC1=CC2C(=O)CCCC2N1. The number of fused-ring (bicyclic) bond motifs is 1. The van der Waals surface area contributed by atoms with Gasteiger partial charge in [0.25, 0.3) is 0 Å². The van der Waals surface area contributed by atoms with Crippen LogP contribution < -0.4 is 5.32 Å². The van der Waals surface area contributed by atoms with Gasteiger partial charge in [-0.3, -0.25) is 4.79 Å². The van der Waals surface area contributed by atoms with Gasteiger partial charge < -0.3 is 5.32 Å². The summed E-state index contributed by atoms with van der Waals surface area (Å²) in [7, 11) is 0. The number of rotatable bonds is 0. The molecule has 2 unspecified atom stereocenters. The third-order valence-electron chi connectivity index (χ3n) is 2.59. The average Bonchev–Trinajstić information content (AvgIpc) is 2.31. The smallest absolute Gasteiger partial charge is 0.141 e. The fourth-order valence-corrected chi connectivity index (χ4v) is 2.05. The summed E-state index contributed by atoms with van der Waals surface area (Å²) in [4.78, 5) is 11.3. The Hall–Kier alpha value is -0.790. The van der Waals surface area contributed by atoms with Crippen LogP contribution >= 0.6 is 0 Å².